The van der Waals surface area contributed by atoms with Gasteiger partial charge in [0, 0.05) is 10.9 Å². The highest BCUT2D eigenvalue weighted by atomic mass is 32.1. The van der Waals surface area contributed by atoms with E-state index in [0.29, 0.717) is 0 Å². The van der Waals surface area contributed by atoms with Crippen LogP contribution in [0.5, 0.6) is 0 Å². The summed E-state index contributed by atoms with van der Waals surface area (Å²) in [5.41, 5.74) is 5.60. The monoisotopic (exact) mass is 303 g/mol. The first-order valence-electron chi connectivity index (χ1n) is 7.06. The summed E-state index contributed by atoms with van der Waals surface area (Å²) in [6.45, 7) is 1.98. The van der Waals surface area contributed by atoms with Gasteiger partial charge in [-0.05, 0) is 19.1 Å². The minimum atomic E-state index is 0.858. The molecule has 2 aromatic carbocycles. The van der Waals surface area contributed by atoms with Gasteiger partial charge in [-0.3, -0.25) is 0 Å². The fourth-order valence-electron chi connectivity index (χ4n) is 2.43. The molecule has 4 rings (SSSR count). The molecular weight excluding hydrogens is 290 g/mol. The van der Waals surface area contributed by atoms with E-state index in [1.807, 2.05) is 54.8 Å². The summed E-state index contributed by atoms with van der Waals surface area (Å²) in [6.07, 6.45) is 0. The molecule has 4 heteroatoms. The number of aryl methyl sites for hydroxylation is 1. The molecule has 0 aliphatic carbocycles. The number of para-hydroxylation sites is 2. The minimum absolute atomic E-state index is 0.858. The van der Waals surface area contributed by atoms with Crippen LogP contribution in [0.3, 0.4) is 0 Å². The molecule has 0 saturated carbocycles. The number of fused-ring (bicyclic) bond motifs is 1. The lowest BCUT2D eigenvalue weighted by atomic mass is 10.2. The predicted octanol–water partition coefficient (Wildman–Crippen LogP) is 4.73. The van der Waals surface area contributed by atoms with Crippen molar-refractivity contribution in [3.05, 3.63) is 65.7 Å². The zero-order valence-electron chi connectivity index (χ0n) is 12.0. The summed E-state index contributed by atoms with van der Waals surface area (Å²) in [5, 5.41) is 3.05. The van der Waals surface area contributed by atoms with Crippen LogP contribution in [0.4, 0.5) is 0 Å². The van der Waals surface area contributed by atoms with Gasteiger partial charge in [0.25, 0.3) is 0 Å². The van der Waals surface area contributed by atoms with Gasteiger partial charge >= 0.3 is 0 Å². The van der Waals surface area contributed by atoms with Crippen molar-refractivity contribution in [3.63, 3.8) is 0 Å². The van der Waals surface area contributed by atoms with Gasteiger partial charge in [0.05, 0.1) is 16.7 Å². The molecule has 0 spiro atoms. The van der Waals surface area contributed by atoms with E-state index < -0.39 is 0 Å². The third kappa shape index (κ3) is 2.27. The zero-order valence-corrected chi connectivity index (χ0v) is 12.8. The van der Waals surface area contributed by atoms with Crippen molar-refractivity contribution in [2.24, 2.45) is 0 Å². The summed E-state index contributed by atoms with van der Waals surface area (Å²) >= 11 is 1.63. The maximum atomic E-state index is 4.73. The first-order valence-corrected chi connectivity index (χ1v) is 7.94. The van der Waals surface area contributed by atoms with Crippen molar-refractivity contribution in [2.75, 3.05) is 0 Å². The molecule has 2 aromatic heterocycles. The average Bonchev–Trinajstić information content (AvgIpc) is 3.05. The smallest absolute Gasteiger partial charge is 0.124 e. The third-order valence-corrected chi connectivity index (χ3v) is 4.40. The Kier molecular flexibility index (Phi) is 3.16. The first kappa shape index (κ1) is 13.1. The van der Waals surface area contributed by atoms with E-state index in [1.54, 1.807) is 11.3 Å². The normalized spacial score (nSPS) is 11.0. The quantitative estimate of drug-likeness (QED) is 0.537. The van der Waals surface area contributed by atoms with Crippen molar-refractivity contribution in [2.45, 2.75) is 6.92 Å². The van der Waals surface area contributed by atoms with E-state index in [0.717, 1.165) is 38.7 Å². The molecule has 0 atom stereocenters. The highest BCUT2D eigenvalue weighted by Crippen LogP contribution is 2.29. The van der Waals surface area contributed by atoms with Crippen LogP contribution in [0.2, 0.25) is 0 Å². The molecule has 0 fully saturated rings. The molecule has 106 valence electrons. The average molecular weight is 303 g/mol. The van der Waals surface area contributed by atoms with E-state index in [-0.39, 0.29) is 0 Å². The topological polar surface area (TPSA) is 38.7 Å². The van der Waals surface area contributed by atoms with Crippen LogP contribution in [0, 0.1) is 6.92 Å². The van der Waals surface area contributed by atoms with Gasteiger partial charge in [0.1, 0.15) is 16.4 Å². The van der Waals surface area contributed by atoms with E-state index in [1.165, 1.54) is 0 Å². The molecule has 2 heterocycles. The van der Waals surface area contributed by atoms with Gasteiger partial charge in [-0.2, -0.15) is 0 Å². The van der Waals surface area contributed by atoms with Gasteiger partial charge in [-0.1, -0.05) is 42.5 Å². The fourth-order valence-corrected chi connectivity index (χ4v) is 3.24. The van der Waals surface area contributed by atoms with Gasteiger partial charge in [0.2, 0.25) is 0 Å². The van der Waals surface area contributed by atoms with Crippen LogP contribution in [0.1, 0.15) is 5.69 Å². The van der Waals surface area contributed by atoms with Crippen LogP contribution >= 0.6 is 11.3 Å². The molecule has 0 N–H and O–H groups in total. The fraction of sp³-hybridized carbons (Fsp3) is 0.0556. The number of nitrogens with zero attached hydrogens (tertiary/aromatic N) is 3. The Morgan fingerprint density at radius 3 is 2.23 bits per heavy atom. The van der Waals surface area contributed by atoms with E-state index >= 15 is 0 Å². The van der Waals surface area contributed by atoms with Crippen LogP contribution in [0.15, 0.2) is 60.0 Å². The second-order valence-electron chi connectivity index (χ2n) is 5.05. The molecule has 22 heavy (non-hydrogen) atoms. The van der Waals surface area contributed by atoms with Crippen LogP contribution in [0.25, 0.3) is 33.0 Å². The van der Waals surface area contributed by atoms with Crippen LogP contribution < -0.4 is 0 Å². The lowest BCUT2D eigenvalue weighted by Gasteiger charge is -2.03. The SMILES string of the molecule is Cc1nc2ccccc2nc1-c1csc(-c2ccccc2)n1. The van der Waals surface area contributed by atoms with E-state index in [9.17, 15) is 0 Å². The Labute approximate surface area is 132 Å². The number of thiazole rings is 1. The minimum Gasteiger partial charge on any atom is -0.249 e. The molecule has 0 unspecified atom stereocenters. The van der Waals surface area contributed by atoms with Crippen molar-refractivity contribution < 1.29 is 0 Å². The molecule has 0 aliphatic heterocycles. The maximum absolute atomic E-state index is 4.73. The molecule has 0 aliphatic rings. The maximum Gasteiger partial charge on any atom is 0.124 e. The number of hydrogen-bond donors (Lipinski definition) is 0. The van der Waals surface area contributed by atoms with Gasteiger partial charge in [-0.25, -0.2) is 15.0 Å². The van der Waals surface area contributed by atoms with Crippen molar-refractivity contribution in [3.8, 4) is 22.0 Å². The van der Waals surface area contributed by atoms with Crippen molar-refractivity contribution in [1.82, 2.24) is 15.0 Å². The van der Waals surface area contributed by atoms with Crippen molar-refractivity contribution in [1.29, 1.82) is 0 Å². The summed E-state index contributed by atoms with van der Waals surface area (Å²) in [6, 6.07) is 18.1. The first-order chi connectivity index (χ1) is 10.8. The highest BCUT2D eigenvalue weighted by molar-refractivity contribution is 7.13. The highest BCUT2D eigenvalue weighted by Gasteiger charge is 2.12. The summed E-state index contributed by atoms with van der Waals surface area (Å²) in [7, 11) is 0. The van der Waals surface area contributed by atoms with Crippen molar-refractivity contribution >= 4 is 22.4 Å². The van der Waals surface area contributed by atoms with Crippen LogP contribution in [-0.4, -0.2) is 15.0 Å². The number of rotatable bonds is 2. The molecular formula is C18H13N3S. The Bertz CT molecular complexity index is 945. The standard InChI is InChI=1S/C18H13N3S/c1-12-17(20-15-10-6-5-9-14(15)19-12)16-11-22-18(21-16)13-7-3-2-4-8-13/h2-11H,1H3. The Balaban J connectivity index is 1.82. The van der Waals surface area contributed by atoms with Gasteiger partial charge < -0.3 is 0 Å². The van der Waals surface area contributed by atoms with Crippen LogP contribution in [-0.2, 0) is 0 Å². The summed E-state index contributed by atoms with van der Waals surface area (Å²) < 4.78 is 0. The Morgan fingerprint density at radius 2 is 1.45 bits per heavy atom. The number of benzene rings is 2. The second-order valence-corrected chi connectivity index (χ2v) is 5.91. The number of hydrogen-bond acceptors (Lipinski definition) is 4. The van der Waals surface area contributed by atoms with Gasteiger partial charge in [0.15, 0.2) is 0 Å². The van der Waals surface area contributed by atoms with Gasteiger partial charge in [-0.15, -0.1) is 11.3 Å². The van der Waals surface area contributed by atoms with E-state index in [4.69, 9.17) is 9.97 Å². The lowest BCUT2D eigenvalue weighted by Crippen LogP contribution is -1.94. The van der Waals surface area contributed by atoms with E-state index in [2.05, 4.69) is 17.1 Å². The molecule has 0 radical (unpaired) electrons. The number of aromatic nitrogens is 3. The Hall–Kier alpha value is -2.59. The molecule has 0 saturated heterocycles. The molecule has 4 aromatic rings. The molecule has 0 bridgehead atoms. The molecule has 3 nitrogen and oxygen atoms in total. The molecule has 0 amide bonds. The summed E-state index contributed by atoms with van der Waals surface area (Å²) in [5.74, 6) is 0. The second kappa shape index (κ2) is 5.31. The zero-order chi connectivity index (χ0) is 14.9. The summed E-state index contributed by atoms with van der Waals surface area (Å²) in [4.78, 5) is 14.1. The largest absolute Gasteiger partial charge is 0.249 e. The Morgan fingerprint density at radius 1 is 0.773 bits per heavy atom. The third-order valence-electron chi connectivity index (χ3n) is 3.51. The lowest BCUT2D eigenvalue weighted by molar-refractivity contribution is 1.17. The predicted molar refractivity (Wildman–Crippen MR) is 90.8 cm³/mol.